The van der Waals surface area contributed by atoms with Gasteiger partial charge in [-0.2, -0.15) is 16.7 Å². The quantitative estimate of drug-likeness (QED) is 0.749. The Morgan fingerprint density at radius 3 is 2.58 bits per heavy atom. The molecule has 0 aromatic carbocycles. The SMILES string of the molecule is CCOC(OCC)c1nc(C2SCCSC2C)no1. The molecule has 0 bridgehead atoms. The minimum atomic E-state index is -0.548. The van der Waals surface area contributed by atoms with E-state index in [0.717, 1.165) is 11.6 Å². The van der Waals surface area contributed by atoms with Gasteiger partial charge in [0.1, 0.15) is 0 Å². The van der Waals surface area contributed by atoms with Crippen LogP contribution in [0, 0.1) is 0 Å². The average molecular weight is 304 g/mol. The molecule has 5 nitrogen and oxygen atoms in total. The van der Waals surface area contributed by atoms with Crippen molar-refractivity contribution in [2.45, 2.75) is 37.6 Å². The summed E-state index contributed by atoms with van der Waals surface area (Å²) in [5.41, 5.74) is 0. The number of nitrogens with zero attached hydrogens (tertiary/aromatic N) is 2. The molecule has 2 heterocycles. The topological polar surface area (TPSA) is 57.4 Å². The molecule has 0 saturated carbocycles. The van der Waals surface area contributed by atoms with Gasteiger partial charge in [-0.3, -0.25) is 0 Å². The Morgan fingerprint density at radius 2 is 1.95 bits per heavy atom. The van der Waals surface area contributed by atoms with Gasteiger partial charge in [0, 0.05) is 30.0 Å². The molecule has 108 valence electrons. The van der Waals surface area contributed by atoms with Crippen LogP contribution >= 0.6 is 23.5 Å². The fraction of sp³-hybridized carbons (Fsp3) is 0.833. The molecule has 1 aliphatic rings. The summed E-state index contributed by atoms with van der Waals surface area (Å²) in [6.07, 6.45) is -0.548. The third-order valence-electron chi connectivity index (χ3n) is 2.74. The van der Waals surface area contributed by atoms with Gasteiger partial charge in [-0.25, -0.2) is 0 Å². The number of aromatic nitrogens is 2. The van der Waals surface area contributed by atoms with Gasteiger partial charge < -0.3 is 14.0 Å². The van der Waals surface area contributed by atoms with Gasteiger partial charge in [0.2, 0.25) is 6.29 Å². The first-order valence-electron chi connectivity index (χ1n) is 6.56. The van der Waals surface area contributed by atoms with Crippen molar-refractivity contribution in [3.63, 3.8) is 0 Å². The molecule has 2 atom stereocenters. The van der Waals surface area contributed by atoms with E-state index in [-0.39, 0.29) is 0 Å². The van der Waals surface area contributed by atoms with E-state index in [1.54, 1.807) is 0 Å². The van der Waals surface area contributed by atoms with Crippen molar-refractivity contribution in [2.75, 3.05) is 24.7 Å². The van der Waals surface area contributed by atoms with E-state index < -0.39 is 6.29 Å². The van der Waals surface area contributed by atoms with Gasteiger partial charge in [0.15, 0.2) is 5.82 Å². The molecular weight excluding hydrogens is 284 g/mol. The lowest BCUT2D eigenvalue weighted by Crippen LogP contribution is -2.17. The van der Waals surface area contributed by atoms with Gasteiger partial charge in [-0.05, 0) is 13.8 Å². The average Bonchev–Trinajstić information content (AvgIpc) is 2.88. The molecule has 0 N–H and O–H groups in total. The maximum absolute atomic E-state index is 5.47. The molecule has 0 aliphatic carbocycles. The van der Waals surface area contributed by atoms with Crippen molar-refractivity contribution in [3.05, 3.63) is 11.7 Å². The first-order valence-corrected chi connectivity index (χ1v) is 8.65. The number of thioether (sulfide) groups is 2. The molecule has 2 unspecified atom stereocenters. The van der Waals surface area contributed by atoms with Crippen molar-refractivity contribution in [2.24, 2.45) is 0 Å². The summed E-state index contributed by atoms with van der Waals surface area (Å²) in [5, 5.41) is 4.89. The molecule has 1 fully saturated rings. The third-order valence-corrected chi connectivity index (χ3v) is 5.82. The van der Waals surface area contributed by atoms with Gasteiger partial charge in [0.05, 0.1) is 5.25 Å². The number of hydrogen-bond acceptors (Lipinski definition) is 7. The maximum atomic E-state index is 5.47. The normalized spacial score (nSPS) is 24.0. The van der Waals surface area contributed by atoms with E-state index in [0.29, 0.717) is 29.6 Å². The van der Waals surface area contributed by atoms with Crippen LogP contribution in [0.15, 0.2) is 4.52 Å². The van der Waals surface area contributed by atoms with Gasteiger partial charge in [0.25, 0.3) is 5.89 Å². The highest BCUT2D eigenvalue weighted by molar-refractivity contribution is 8.06. The largest absolute Gasteiger partial charge is 0.345 e. The van der Waals surface area contributed by atoms with E-state index in [9.17, 15) is 0 Å². The Hall–Kier alpha value is -0.240. The van der Waals surface area contributed by atoms with Crippen molar-refractivity contribution < 1.29 is 14.0 Å². The van der Waals surface area contributed by atoms with Crippen LogP contribution in [0.25, 0.3) is 0 Å². The van der Waals surface area contributed by atoms with E-state index in [2.05, 4.69) is 17.1 Å². The summed E-state index contributed by atoms with van der Waals surface area (Å²) >= 11 is 3.84. The molecular formula is C12H20N2O3S2. The highest BCUT2D eigenvalue weighted by atomic mass is 32.2. The lowest BCUT2D eigenvalue weighted by atomic mass is 10.3. The molecule has 1 aromatic rings. The standard InChI is InChI=1S/C12H20N2O3S2/c1-4-15-12(16-5-2)11-13-10(14-17-11)9-8(3)18-6-7-19-9/h8-9,12H,4-7H2,1-3H3. The maximum Gasteiger partial charge on any atom is 0.283 e. The van der Waals surface area contributed by atoms with Crippen LogP contribution in [0.3, 0.4) is 0 Å². The van der Waals surface area contributed by atoms with Crippen LogP contribution < -0.4 is 0 Å². The molecule has 1 saturated heterocycles. The van der Waals surface area contributed by atoms with Crippen molar-refractivity contribution >= 4 is 23.5 Å². The highest BCUT2D eigenvalue weighted by Crippen LogP contribution is 2.41. The van der Waals surface area contributed by atoms with Crippen molar-refractivity contribution in [1.82, 2.24) is 10.1 Å². The number of ether oxygens (including phenoxy) is 2. The number of hydrogen-bond donors (Lipinski definition) is 0. The van der Waals surface area contributed by atoms with Crippen LogP contribution in [-0.4, -0.2) is 40.1 Å². The summed E-state index contributed by atoms with van der Waals surface area (Å²) in [6, 6.07) is 0. The molecule has 7 heteroatoms. The second kappa shape index (κ2) is 7.52. The van der Waals surface area contributed by atoms with E-state index in [1.165, 1.54) is 5.75 Å². The summed E-state index contributed by atoms with van der Waals surface area (Å²) in [5.74, 6) is 3.49. The zero-order chi connectivity index (χ0) is 13.7. The molecule has 2 rings (SSSR count). The van der Waals surface area contributed by atoms with Gasteiger partial charge in [-0.15, -0.1) is 11.8 Å². The Labute approximate surface area is 122 Å². The summed E-state index contributed by atoms with van der Waals surface area (Å²) in [6.45, 7) is 7.14. The molecule has 1 aromatic heterocycles. The van der Waals surface area contributed by atoms with E-state index in [1.807, 2.05) is 37.4 Å². The van der Waals surface area contributed by atoms with E-state index >= 15 is 0 Å². The predicted octanol–water partition coefficient (Wildman–Crippen LogP) is 3.05. The fourth-order valence-corrected chi connectivity index (χ4v) is 4.55. The third kappa shape index (κ3) is 3.87. The molecule has 1 aliphatic heterocycles. The Kier molecular flexibility index (Phi) is 6.00. The zero-order valence-electron chi connectivity index (χ0n) is 11.5. The highest BCUT2D eigenvalue weighted by Gasteiger charge is 2.30. The van der Waals surface area contributed by atoms with Crippen LogP contribution in [0.5, 0.6) is 0 Å². The van der Waals surface area contributed by atoms with Crippen LogP contribution in [0.2, 0.25) is 0 Å². The number of rotatable bonds is 6. The second-order valence-electron chi connectivity index (χ2n) is 4.10. The Balaban J connectivity index is 2.08. The predicted molar refractivity (Wildman–Crippen MR) is 77.4 cm³/mol. The molecule has 0 radical (unpaired) electrons. The Bertz CT molecular complexity index is 383. The smallest absolute Gasteiger partial charge is 0.283 e. The van der Waals surface area contributed by atoms with Crippen LogP contribution in [0.4, 0.5) is 0 Å². The summed E-state index contributed by atoms with van der Waals surface area (Å²) in [7, 11) is 0. The molecule has 0 amide bonds. The Morgan fingerprint density at radius 1 is 1.26 bits per heavy atom. The lowest BCUT2D eigenvalue weighted by molar-refractivity contribution is -0.155. The second-order valence-corrected chi connectivity index (χ2v) is 6.84. The minimum absolute atomic E-state index is 0.292. The van der Waals surface area contributed by atoms with Crippen LogP contribution in [-0.2, 0) is 9.47 Å². The summed E-state index contributed by atoms with van der Waals surface area (Å²) < 4.78 is 16.2. The lowest BCUT2D eigenvalue weighted by Gasteiger charge is -2.24. The zero-order valence-corrected chi connectivity index (χ0v) is 13.1. The van der Waals surface area contributed by atoms with Crippen molar-refractivity contribution in [1.29, 1.82) is 0 Å². The molecule has 19 heavy (non-hydrogen) atoms. The monoisotopic (exact) mass is 304 g/mol. The summed E-state index contributed by atoms with van der Waals surface area (Å²) in [4.78, 5) is 4.46. The molecule has 0 spiro atoms. The van der Waals surface area contributed by atoms with Gasteiger partial charge >= 0.3 is 0 Å². The van der Waals surface area contributed by atoms with Crippen LogP contribution in [0.1, 0.15) is 44.0 Å². The van der Waals surface area contributed by atoms with Crippen molar-refractivity contribution in [3.8, 4) is 0 Å². The fourth-order valence-electron chi connectivity index (χ4n) is 1.87. The first kappa shape index (κ1) is 15.2. The first-order chi connectivity index (χ1) is 9.26. The van der Waals surface area contributed by atoms with E-state index in [4.69, 9.17) is 14.0 Å². The minimum Gasteiger partial charge on any atom is -0.345 e. The van der Waals surface area contributed by atoms with Gasteiger partial charge in [-0.1, -0.05) is 12.1 Å².